The van der Waals surface area contributed by atoms with Gasteiger partial charge in [0, 0.05) is 18.1 Å². The van der Waals surface area contributed by atoms with Crippen molar-refractivity contribution >= 4 is 23.6 Å². The van der Waals surface area contributed by atoms with E-state index in [2.05, 4.69) is 0 Å². The fourth-order valence-corrected chi connectivity index (χ4v) is 2.51. The average Bonchev–Trinajstić information content (AvgIpc) is 2.41. The Hall–Kier alpha value is -2.34. The lowest BCUT2D eigenvalue weighted by Gasteiger charge is -2.12. The van der Waals surface area contributed by atoms with Crippen molar-refractivity contribution in [3.05, 3.63) is 62.2 Å². The van der Waals surface area contributed by atoms with Gasteiger partial charge in [0.1, 0.15) is 17.9 Å². The van der Waals surface area contributed by atoms with Crippen molar-refractivity contribution < 1.29 is 18.5 Å². The molecule has 0 aliphatic heterocycles. The van der Waals surface area contributed by atoms with Crippen molar-refractivity contribution in [2.24, 2.45) is 0 Å². The molecule has 0 fully saturated rings. The van der Waals surface area contributed by atoms with Crippen LogP contribution in [0.15, 0.2) is 24.3 Å². The summed E-state index contributed by atoms with van der Waals surface area (Å²) in [4.78, 5) is 21.5. The first-order chi connectivity index (χ1) is 10.3. The minimum Gasteiger partial charge on any atom is -0.303 e. The molecule has 4 nitrogen and oxygen atoms in total. The minimum absolute atomic E-state index is 0.00241. The lowest BCUT2D eigenvalue weighted by atomic mass is 9.93. The van der Waals surface area contributed by atoms with E-state index >= 15 is 0 Å². The molecule has 0 saturated carbocycles. The molecular formula is C15H10ClF2NO3. The van der Waals surface area contributed by atoms with E-state index < -0.39 is 16.6 Å². The SMILES string of the molecule is Cc1c(Cl)cc(CC=O)c(-c2cc(F)cc(F)c2)c1[N+](=O)[O-]. The minimum atomic E-state index is -0.867. The highest BCUT2D eigenvalue weighted by Gasteiger charge is 2.25. The first kappa shape index (κ1) is 16.0. The van der Waals surface area contributed by atoms with Gasteiger partial charge in [0.25, 0.3) is 5.69 Å². The second-order valence-corrected chi connectivity index (χ2v) is 5.06. The molecule has 114 valence electrons. The second kappa shape index (κ2) is 6.19. The average molecular weight is 326 g/mol. The van der Waals surface area contributed by atoms with E-state index in [1.807, 2.05) is 0 Å². The van der Waals surface area contributed by atoms with E-state index in [1.54, 1.807) is 0 Å². The van der Waals surface area contributed by atoms with Crippen LogP contribution in [0.2, 0.25) is 5.02 Å². The van der Waals surface area contributed by atoms with Crippen LogP contribution in [0.4, 0.5) is 14.5 Å². The summed E-state index contributed by atoms with van der Waals surface area (Å²) >= 11 is 5.95. The molecule has 7 heteroatoms. The molecule has 0 aromatic heterocycles. The maximum atomic E-state index is 13.4. The molecule has 0 heterocycles. The number of nitro benzene ring substituents is 1. The van der Waals surface area contributed by atoms with Crippen LogP contribution in [-0.2, 0) is 11.2 Å². The Balaban J connectivity index is 2.89. The van der Waals surface area contributed by atoms with Gasteiger partial charge in [-0.1, -0.05) is 11.6 Å². The zero-order chi connectivity index (χ0) is 16.4. The summed E-state index contributed by atoms with van der Waals surface area (Å²) in [6, 6.07) is 4.02. The molecule has 0 spiro atoms. The van der Waals surface area contributed by atoms with E-state index in [-0.39, 0.29) is 39.4 Å². The molecule has 0 aliphatic rings. The third-order valence-electron chi connectivity index (χ3n) is 3.21. The van der Waals surface area contributed by atoms with Crippen molar-refractivity contribution in [2.45, 2.75) is 13.3 Å². The number of nitrogens with zero attached hydrogens (tertiary/aromatic N) is 1. The Morgan fingerprint density at radius 2 is 1.82 bits per heavy atom. The van der Waals surface area contributed by atoms with Gasteiger partial charge in [-0.25, -0.2) is 8.78 Å². The summed E-state index contributed by atoms with van der Waals surface area (Å²) in [6.45, 7) is 1.43. The molecule has 22 heavy (non-hydrogen) atoms. The predicted molar refractivity (Wildman–Crippen MR) is 78.0 cm³/mol. The van der Waals surface area contributed by atoms with Gasteiger partial charge in [0.05, 0.1) is 15.5 Å². The third kappa shape index (κ3) is 2.96. The number of hydrogen-bond donors (Lipinski definition) is 0. The van der Waals surface area contributed by atoms with Crippen LogP contribution >= 0.6 is 11.6 Å². The first-order valence-electron chi connectivity index (χ1n) is 6.21. The van der Waals surface area contributed by atoms with Crippen molar-refractivity contribution in [2.75, 3.05) is 0 Å². The van der Waals surface area contributed by atoms with E-state index in [0.717, 1.165) is 12.1 Å². The number of carbonyl (C=O) groups is 1. The number of nitro groups is 1. The third-order valence-corrected chi connectivity index (χ3v) is 3.60. The largest absolute Gasteiger partial charge is 0.303 e. The number of rotatable bonds is 4. The molecule has 2 aromatic rings. The van der Waals surface area contributed by atoms with Crippen LogP contribution < -0.4 is 0 Å². The van der Waals surface area contributed by atoms with Gasteiger partial charge < -0.3 is 4.79 Å². The van der Waals surface area contributed by atoms with Crippen molar-refractivity contribution in [3.63, 3.8) is 0 Å². The van der Waals surface area contributed by atoms with E-state index in [1.165, 1.54) is 13.0 Å². The number of hydrogen-bond acceptors (Lipinski definition) is 3. The second-order valence-electron chi connectivity index (χ2n) is 4.65. The van der Waals surface area contributed by atoms with Crippen molar-refractivity contribution in [3.8, 4) is 11.1 Å². The van der Waals surface area contributed by atoms with Gasteiger partial charge in [0.2, 0.25) is 0 Å². The van der Waals surface area contributed by atoms with Crippen LogP contribution in [-0.4, -0.2) is 11.2 Å². The summed E-state index contributed by atoms with van der Waals surface area (Å²) < 4.78 is 26.9. The van der Waals surface area contributed by atoms with Crippen molar-refractivity contribution in [1.29, 1.82) is 0 Å². The maximum absolute atomic E-state index is 13.4. The highest BCUT2D eigenvalue weighted by atomic mass is 35.5. The normalized spacial score (nSPS) is 10.5. The lowest BCUT2D eigenvalue weighted by molar-refractivity contribution is -0.384. The van der Waals surface area contributed by atoms with Crippen LogP contribution in [0.5, 0.6) is 0 Å². The molecule has 0 radical (unpaired) electrons. The summed E-state index contributed by atoms with van der Waals surface area (Å²) in [5, 5.41) is 11.5. The molecule has 2 rings (SSSR count). The highest BCUT2D eigenvalue weighted by molar-refractivity contribution is 6.32. The molecule has 0 aliphatic carbocycles. The number of halogens is 3. The summed E-state index contributed by atoms with van der Waals surface area (Å²) in [6.07, 6.45) is 0.387. The Bertz CT molecular complexity index is 758. The molecule has 0 unspecified atom stereocenters. The summed E-state index contributed by atoms with van der Waals surface area (Å²) in [5.41, 5.74) is 0.0239. The number of carbonyl (C=O) groups excluding carboxylic acids is 1. The molecule has 2 aromatic carbocycles. The van der Waals surface area contributed by atoms with Crippen LogP contribution in [0.1, 0.15) is 11.1 Å². The van der Waals surface area contributed by atoms with Gasteiger partial charge in [0.15, 0.2) is 0 Å². The predicted octanol–water partition coefficient (Wildman–Crippen LogP) is 4.24. The molecule has 0 atom stereocenters. The molecule has 0 N–H and O–H groups in total. The van der Waals surface area contributed by atoms with Crippen molar-refractivity contribution in [1.82, 2.24) is 0 Å². The van der Waals surface area contributed by atoms with Gasteiger partial charge in [-0.3, -0.25) is 10.1 Å². The van der Waals surface area contributed by atoms with Gasteiger partial charge in [-0.2, -0.15) is 0 Å². The fourth-order valence-electron chi connectivity index (χ4n) is 2.29. The number of aldehydes is 1. The smallest absolute Gasteiger partial charge is 0.281 e. The van der Waals surface area contributed by atoms with Crippen LogP contribution in [0, 0.1) is 28.7 Å². The van der Waals surface area contributed by atoms with E-state index in [9.17, 15) is 23.7 Å². The first-order valence-corrected chi connectivity index (χ1v) is 6.59. The standard InChI is InChI=1S/C15H10ClF2NO3/c1-8-13(16)6-9(2-3-20)14(15(8)19(21)22)10-4-11(17)7-12(18)5-10/h3-7H,2H2,1H3. The lowest BCUT2D eigenvalue weighted by Crippen LogP contribution is -2.02. The molecule has 0 bridgehead atoms. The van der Waals surface area contributed by atoms with Gasteiger partial charge >= 0.3 is 0 Å². The highest BCUT2D eigenvalue weighted by Crippen LogP contribution is 2.40. The Labute approximate surface area is 129 Å². The quantitative estimate of drug-likeness (QED) is 0.480. The van der Waals surface area contributed by atoms with E-state index in [4.69, 9.17) is 11.6 Å². The van der Waals surface area contributed by atoms with Gasteiger partial charge in [-0.05, 0) is 36.2 Å². The summed E-state index contributed by atoms with van der Waals surface area (Å²) in [7, 11) is 0. The zero-order valence-corrected chi connectivity index (χ0v) is 12.2. The molecule has 0 amide bonds. The van der Waals surface area contributed by atoms with Crippen LogP contribution in [0.25, 0.3) is 11.1 Å². The zero-order valence-electron chi connectivity index (χ0n) is 11.4. The van der Waals surface area contributed by atoms with Gasteiger partial charge in [-0.15, -0.1) is 0 Å². The van der Waals surface area contributed by atoms with Crippen LogP contribution in [0.3, 0.4) is 0 Å². The molecular weight excluding hydrogens is 316 g/mol. The summed E-state index contributed by atoms with van der Waals surface area (Å²) in [5.74, 6) is -1.73. The topological polar surface area (TPSA) is 60.2 Å². The fraction of sp³-hybridized carbons (Fsp3) is 0.133. The van der Waals surface area contributed by atoms with E-state index in [0.29, 0.717) is 12.4 Å². The Morgan fingerprint density at radius 1 is 1.23 bits per heavy atom. The maximum Gasteiger partial charge on any atom is 0.281 e. The number of benzene rings is 2. The Morgan fingerprint density at radius 3 is 2.32 bits per heavy atom. The molecule has 0 saturated heterocycles. The Kier molecular flexibility index (Phi) is 4.51. The monoisotopic (exact) mass is 325 g/mol.